The van der Waals surface area contributed by atoms with E-state index in [-0.39, 0.29) is 0 Å². The third-order valence-corrected chi connectivity index (χ3v) is 7.43. The lowest BCUT2D eigenvalue weighted by Gasteiger charge is -2.29. The van der Waals surface area contributed by atoms with Gasteiger partial charge in [-0.25, -0.2) is 8.42 Å². The Kier molecular flexibility index (Phi) is 5.92. The van der Waals surface area contributed by atoms with Crippen LogP contribution < -0.4 is 0 Å². The lowest BCUT2D eigenvalue weighted by Crippen LogP contribution is -2.31. The van der Waals surface area contributed by atoms with Gasteiger partial charge in [0.05, 0.1) is 16.2 Å². The Hall–Kier alpha value is -1.65. The fraction of sp³-hybridized carbons (Fsp3) is 0.429. The van der Waals surface area contributed by atoms with Crippen LogP contribution in [0.25, 0.3) is 0 Å². The van der Waals surface area contributed by atoms with Crippen molar-refractivity contribution in [2.24, 2.45) is 5.92 Å². The van der Waals surface area contributed by atoms with Crippen molar-refractivity contribution in [2.75, 3.05) is 0 Å². The van der Waals surface area contributed by atoms with E-state index < -0.39 is 21.2 Å². The van der Waals surface area contributed by atoms with Gasteiger partial charge in [-0.2, -0.15) is 0 Å². The number of rotatable bonds is 6. The van der Waals surface area contributed by atoms with E-state index in [4.69, 9.17) is 0 Å². The molecule has 2 aromatic rings. The predicted molar refractivity (Wildman–Crippen MR) is 100 cm³/mol. The van der Waals surface area contributed by atoms with E-state index in [2.05, 4.69) is 0 Å². The maximum absolute atomic E-state index is 13.3. The monoisotopic (exact) mass is 358 g/mol. The number of benzene rings is 2. The molecule has 0 heterocycles. The van der Waals surface area contributed by atoms with Crippen LogP contribution in [0.4, 0.5) is 0 Å². The van der Waals surface area contributed by atoms with Crippen molar-refractivity contribution in [1.29, 1.82) is 0 Å². The molecule has 1 fully saturated rings. The minimum atomic E-state index is -3.60. The van der Waals surface area contributed by atoms with E-state index >= 15 is 0 Å². The maximum atomic E-state index is 13.3. The molecular weight excluding hydrogens is 332 g/mol. The second-order valence-electron chi connectivity index (χ2n) is 6.99. The predicted octanol–water partition coefficient (Wildman–Crippen LogP) is 4.53. The van der Waals surface area contributed by atoms with Crippen LogP contribution in [0.1, 0.15) is 50.2 Å². The van der Waals surface area contributed by atoms with Gasteiger partial charge in [0.2, 0.25) is 0 Å². The van der Waals surface area contributed by atoms with Crippen LogP contribution in [0.2, 0.25) is 0 Å². The molecular formula is C21H26O3S. The molecule has 3 rings (SSSR count). The van der Waals surface area contributed by atoms with Gasteiger partial charge in [0.1, 0.15) is 0 Å². The van der Waals surface area contributed by atoms with E-state index in [1.807, 2.05) is 24.3 Å². The Morgan fingerprint density at radius 2 is 1.44 bits per heavy atom. The smallest absolute Gasteiger partial charge is 0.184 e. The molecule has 134 valence electrons. The third kappa shape index (κ3) is 4.31. The molecule has 0 unspecified atom stereocenters. The second-order valence-corrected chi connectivity index (χ2v) is 9.16. The lowest BCUT2D eigenvalue weighted by molar-refractivity contribution is 0.154. The van der Waals surface area contributed by atoms with Gasteiger partial charge in [0, 0.05) is 0 Å². The summed E-state index contributed by atoms with van der Waals surface area (Å²) < 4.78 is 26.5. The Labute approximate surface area is 150 Å². The zero-order valence-electron chi connectivity index (χ0n) is 14.4. The number of aliphatic hydroxyl groups excluding tert-OH is 1. The number of aliphatic hydroxyl groups is 1. The molecule has 2 aromatic carbocycles. The Morgan fingerprint density at radius 3 is 2.04 bits per heavy atom. The Bertz CT molecular complexity index is 750. The Morgan fingerprint density at radius 1 is 0.880 bits per heavy atom. The molecule has 1 aliphatic carbocycles. The second kappa shape index (κ2) is 8.15. The van der Waals surface area contributed by atoms with Crippen LogP contribution in [0.5, 0.6) is 0 Å². The summed E-state index contributed by atoms with van der Waals surface area (Å²) >= 11 is 0. The fourth-order valence-corrected chi connectivity index (χ4v) is 5.73. The zero-order valence-corrected chi connectivity index (χ0v) is 15.2. The molecule has 1 aliphatic rings. The van der Waals surface area contributed by atoms with Gasteiger partial charge in [-0.3, -0.25) is 0 Å². The van der Waals surface area contributed by atoms with Crippen molar-refractivity contribution in [3.63, 3.8) is 0 Å². The highest BCUT2D eigenvalue weighted by molar-refractivity contribution is 7.92. The topological polar surface area (TPSA) is 54.4 Å². The molecule has 0 radical (unpaired) electrons. The first-order valence-corrected chi connectivity index (χ1v) is 10.7. The standard InChI is InChI=1S/C21H26O3S/c22-21(18-12-6-2-7-13-18)20(16-17-10-4-1-5-11-17)25(23,24)19-14-8-3-9-15-19/h2-3,6-9,12-15,17,20-22H,1,4-5,10-11,16H2/t20-,21-/m0/s1. The van der Waals surface area contributed by atoms with Crippen molar-refractivity contribution in [1.82, 2.24) is 0 Å². The van der Waals surface area contributed by atoms with Crippen molar-refractivity contribution in [3.05, 3.63) is 66.2 Å². The highest BCUT2D eigenvalue weighted by atomic mass is 32.2. The van der Waals surface area contributed by atoms with Gasteiger partial charge >= 0.3 is 0 Å². The van der Waals surface area contributed by atoms with Gasteiger partial charge in [-0.1, -0.05) is 80.6 Å². The molecule has 0 aromatic heterocycles. The molecule has 0 spiro atoms. The Balaban J connectivity index is 1.93. The first-order chi connectivity index (χ1) is 12.1. The molecule has 3 nitrogen and oxygen atoms in total. The van der Waals surface area contributed by atoms with Gasteiger partial charge in [0.25, 0.3) is 0 Å². The summed E-state index contributed by atoms with van der Waals surface area (Å²) in [6.07, 6.45) is 5.17. The summed E-state index contributed by atoms with van der Waals surface area (Å²) in [5.41, 5.74) is 0.669. The van der Waals surface area contributed by atoms with Crippen molar-refractivity contribution in [3.8, 4) is 0 Å². The first kappa shape index (κ1) is 18.2. The normalized spacial score (nSPS) is 18.6. The van der Waals surface area contributed by atoms with Crippen LogP contribution in [0.3, 0.4) is 0 Å². The fourth-order valence-electron chi connectivity index (χ4n) is 3.83. The summed E-state index contributed by atoms with van der Waals surface area (Å²) in [7, 11) is -3.60. The maximum Gasteiger partial charge on any atom is 0.184 e. The van der Waals surface area contributed by atoms with E-state index in [0.29, 0.717) is 22.8 Å². The third-order valence-electron chi connectivity index (χ3n) is 5.25. The van der Waals surface area contributed by atoms with Crippen LogP contribution in [-0.4, -0.2) is 18.8 Å². The quantitative estimate of drug-likeness (QED) is 0.825. The number of hydrogen-bond acceptors (Lipinski definition) is 3. The van der Waals surface area contributed by atoms with E-state index in [1.165, 1.54) is 6.42 Å². The van der Waals surface area contributed by atoms with Crippen LogP contribution in [-0.2, 0) is 9.84 Å². The van der Waals surface area contributed by atoms with Crippen LogP contribution >= 0.6 is 0 Å². The highest BCUT2D eigenvalue weighted by Gasteiger charge is 2.36. The highest BCUT2D eigenvalue weighted by Crippen LogP contribution is 2.36. The van der Waals surface area contributed by atoms with Crippen molar-refractivity contribution >= 4 is 9.84 Å². The van der Waals surface area contributed by atoms with Crippen molar-refractivity contribution in [2.45, 2.75) is 54.8 Å². The molecule has 0 saturated heterocycles. The van der Waals surface area contributed by atoms with Crippen molar-refractivity contribution < 1.29 is 13.5 Å². The number of hydrogen-bond donors (Lipinski definition) is 1. The minimum Gasteiger partial charge on any atom is -0.387 e. The first-order valence-electron chi connectivity index (χ1n) is 9.11. The lowest BCUT2D eigenvalue weighted by atomic mass is 9.84. The van der Waals surface area contributed by atoms with Crippen LogP contribution in [0.15, 0.2) is 65.6 Å². The molecule has 1 N–H and O–H groups in total. The van der Waals surface area contributed by atoms with Gasteiger partial charge < -0.3 is 5.11 Å². The SMILES string of the molecule is O=S(=O)(c1ccccc1)[C@@H](CC1CCCCC1)[C@@H](O)c1ccccc1. The minimum absolute atomic E-state index is 0.297. The summed E-state index contributed by atoms with van der Waals surface area (Å²) in [5, 5.41) is 10.1. The van der Waals surface area contributed by atoms with E-state index in [1.54, 1.807) is 36.4 Å². The summed E-state index contributed by atoms with van der Waals surface area (Å²) in [6.45, 7) is 0. The molecule has 0 aliphatic heterocycles. The summed E-state index contributed by atoms with van der Waals surface area (Å²) in [4.78, 5) is 0.297. The number of sulfone groups is 1. The van der Waals surface area contributed by atoms with Gasteiger partial charge in [-0.05, 0) is 30.0 Å². The van der Waals surface area contributed by atoms with Gasteiger partial charge in [-0.15, -0.1) is 0 Å². The van der Waals surface area contributed by atoms with Gasteiger partial charge in [0.15, 0.2) is 9.84 Å². The summed E-state index contributed by atoms with van der Waals surface area (Å²) in [6, 6.07) is 17.7. The zero-order chi connectivity index (χ0) is 17.7. The average Bonchev–Trinajstić information content (AvgIpc) is 2.67. The molecule has 1 saturated carbocycles. The average molecular weight is 359 g/mol. The molecule has 2 atom stereocenters. The van der Waals surface area contributed by atoms with Crippen LogP contribution in [0, 0.1) is 5.92 Å². The molecule has 25 heavy (non-hydrogen) atoms. The molecule has 4 heteroatoms. The summed E-state index contributed by atoms with van der Waals surface area (Å²) in [5.74, 6) is 0.371. The molecule has 0 amide bonds. The largest absolute Gasteiger partial charge is 0.387 e. The van der Waals surface area contributed by atoms with E-state index in [9.17, 15) is 13.5 Å². The van der Waals surface area contributed by atoms with E-state index in [0.717, 1.165) is 25.7 Å². The molecule has 0 bridgehead atoms.